The molecule has 21 heavy (non-hydrogen) atoms. The van der Waals surface area contributed by atoms with Crippen molar-refractivity contribution in [3.8, 4) is 5.75 Å². The highest BCUT2D eigenvalue weighted by atomic mass is 35.5. The number of nitrogens with one attached hydrogen (secondary N) is 1. The molecule has 1 aromatic carbocycles. The Morgan fingerprint density at radius 2 is 1.81 bits per heavy atom. The summed E-state index contributed by atoms with van der Waals surface area (Å²) in [4.78, 5) is 19.5. The summed E-state index contributed by atoms with van der Waals surface area (Å²) >= 11 is 11.7. The Hall–Kier alpha value is -1.89. The van der Waals surface area contributed by atoms with E-state index in [1.165, 1.54) is 18.5 Å². The summed E-state index contributed by atoms with van der Waals surface area (Å²) in [6.07, 6.45) is 1.49. The molecule has 1 aromatic heterocycles. The third-order valence-electron chi connectivity index (χ3n) is 2.73. The molecule has 0 bridgehead atoms. The maximum Gasteiger partial charge on any atom is 0.241 e. The number of carbonyl (C=O) groups is 1. The van der Waals surface area contributed by atoms with Gasteiger partial charge in [-0.15, -0.1) is 0 Å². The van der Waals surface area contributed by atoms with Crippen LogP contribution in [0.5, 0.6) is 5.75 Å². The first-order valence-electron chi connectivity index (χ1n) is 5.97. The Labute approximate surface area is 130 Å². The van der Waals surface area contributed by atoms with Gasteiger partial charge in [0.05, 0.1) is 6.04 Å². The lowest BCUT2D eigenvalue weighted by molar-refractivity contribution is -0.117. The molecule has 0 saturated heterocycles. The maximum atomic E-state index is 12.0. The predicted octanol–water partition coefficient (Wildman–Crippen LogP) is 2.00. The highest BCUT2D eigenvalue weighted by Crippen LogP contribution is 2.25. The van der Waals surface area contributed by atoms with E-state index in [4.69, 9.17) is 28.9 Å². The molecule has 0 aliphatic heterocycles. The van der Waals surface area contributed by atoms with Gasteiger partial charge in [-0.2, -0.15) is 0 Å². The minimum Gasteiger partial charge on any atom is -0.508 e. The van der Waals surface area contributed by atoms with Gasteiger partial charge in [0.1, 0.15) is 17.8 Å². The molecule has 0 radical (unpaired) electrons. The third-order valence-corrected chi connectivity index (χ3v) is 3.30. The molecule has 6 nitrogen and oxygen atoms in total. The van der Waals surface area contributed by atoms with Crippen LogP contribution in [0.2, 0.25) is 10.3 Å². The Bertz CT molecular complexity index is 629. The van der Waals surface area contributed by atoms with Crippen molar-refractivity contribution in [3.63, 3.8) is 0 Å². The molecule has 0 saturated carbocycles. The van der Waals surface area contributed by atoms with E-state index in [0.717, 1.165) is 5.56 Å². The summed E-state index contributed by atoms with van der Waals surface area (Å²) in [6.45, 7) is 0. The Morgan fingerprint density at radius 3 is 2.38 bits per heavy atom. The van der Waals surface area contributed by atoms with Crippen molar-refractivity contribution in [1.29, 1.82) is 0 Å². The lowest BCUT2D eigenvalue weighted by Gasteiger charge is -2.13. The number of phenolic OH excluding ortho intramolecular Hbond substituents is 1. The highest BCUT2D eigenvalue weighted by molar-refractivity contribution is 6.38. The Morgan fingerprint density at radius 1 is 1.24 bits per heavy atom. The summed E-state index contributed by atoms with van der Waals surface area (Å²) in [5.74, 6) is -0.307. The average Bonchev–Trinajstić information content (AvgIpc) is 2.45. The Balaban J connectivity index is 2.04. The largest absolute Gasteiger partial charge is 0.508 e. The smallest absolute Gasteiger partial charge is 0.241 e. The number of nitrogens with zero attached hydrogens (tertiary/aromatic N) is 2. The number of halogens is 2. The number of rotatable bonds is 4. The van der Waals surface area contributed by atoms with Crippen LogP contribution in [0, 0.1) is 0 Å². The van der Waals surface area contributed by atoms with Crippen molar-refractivity contribution in [2.24, 2.45) is 5.73 Å². The summed E-state index contributed by atoms with van der Waals surface area (Å²) in [7, 11) is 0. The lowest BCUT2D eigenvalue weighted by atomic mass is 10.1. The molecule has 8 heteroatoms. The van der Waals surface area contributed by atoms with Crippen molar-refractivity contribution < 1.29 is 9.90 Å². The second kappa shape index (κ2) is 6.71. The van der Waals surface area contributed by atoms with Crippen molar-refractivity contribution in [3.05, 3.63) is 46.5 Å². The monoisotopic (exact) mass is 326 g/mol. The summed E-state index contributed by atoms with van der Waals surface area (Å²) < 4.78 is 0. The molecule has 1 unspecified atom stereocenters. The summed E-state index contributed by atoms with van der Waals surface area (Å²) in [6, 6.07) is 5.63. The lowest BCUT2D eigenvalue weighted by Crippen LogP contribution is -2.37. The van der Waals surface area contributed by atoms with Gasteiger partial charge in [0, 0.05) is 0 Å². The maximum absolute atomic E-state index is 12.0. The van der Waals surface area contributed by atoms with E-state index in [2.05, 4.69) is 15.3 Å². The van der Waals surface area contributed by atoms with Crippen LogP contribution < -0.4 is 11.1 Å². The van der Waals surface area contributed by atoms with Gasteiger partial charge in [-0.3, -0.25) is 4.79 Å². The van der Waals surface area contributed by atoms with E-state index in [-0.39, 0.29) is 21.7 Å². The van der Waals surface area contributed by atoms with E-state index in [1.807, 2.05) is 0 Å². The van der Waals surface area contributed by atoms with Gasteiger partial charge in [0.15, 0.2) is 10.3 Å². The number of carbonyl (C=O) groups excluding carboxylic acids is 1. The zero-order valence-electron chi connectivity index (χ0n) is 10.8. The van der Waals surface area contributed by atoms with Crippen LogP contribution in [-0.2, 0) is 11.2 Å². The van der Waals surface area contributed by atoms with Gasteiger partial charge >= 0.3 is 0 Å². The van der Waals surface area contributed by atoms with Crippen LogP contribution in [0.25, 0.3) is 0 Å². The second-order valence-corrected chi connectivity index (χ2v) is 5.01. The zero-order valence-corrected chi connectivity index (χ0v) is 12.3. The number of anilines is 1. The minimum absolute atomic E-state index is 0.0418. The average molecular weight is 327 g/mol. The number of hydrogen-bond donors (Lipinski definition) is 3. The topological polar surface area (TPSA) is 101 Å². The van der Waals surface area contributed by atoms with E-state index in [9.17, 15) is 9.90 Å². The van der Waals surface area contributed by atoms with E-state index < -0.39 is 11.9 Å². The molecule has 110 valence electrons. The van der Waals surface area contributed by atoms with E-state index in [1.54, 1.807) is 12.1 Å². The fraction of sp³-hybridized carbons (Fsp3) is 0.154. The minimum atomic E-state index is -0.804. The second-order valence-electron chi connectivity index (χ2n) is 4.30. The van der Waals surface area contributed by atoms with Crippen molar-refractivity contribution in [2.75, 3.05) is 5.32 Å². The molecule has 4 N–H and O–H groups in total. The van der Waals surface area contributed by atoms with Gasteiger partial charge in [0.2, 0.25) is 5.91 Å². The first-order chi connectivity index (χ1) is 9.97. The van der Waals surface area contributed by atoms with Crippen LogP contribution in [0.4, 0.5) is 5.69 Å². The van der Waals surface area contributed by atoms with Crippen LogP contribution >= 0.6 is 23.2 Å². The van der Waals surface area contributed by atoms with Crippen molar-refractivity contribution in [1.82, 2.24) is 9.97 Å². The number of nitrogens with two attached hydrogens (primary N) is 1. The molecular formula is C13H12Cl2N4O2. The number of aromatic nitrogens is 2. The predicted molar refractivity (Wildman–Crippen MR) is 80.5 cm³/mol. The fourth-order valence-corrected chi connectivity index (χ4v) is 2.05. The molecule has 1 heterocycles. The number of phenols is 1. The van der Waals surface area contributed by atoms with Crippen LogP contribution in [-0.4, -0.2) is 27.0 Å². The Kier molecular flexibility index (Phi) is 4.95. The van der Waals surface area contributed by atoms with Crippen LogP contribution in [0.3, 0.4) is 0 Å². The summed E-state index contributed by atoms with van der Waals surface area (Å²) in [5, 5.41) is 11.8. The number of benzene rings is 1. The van der Waals surface area contributed by atoms with E-state index in [0.29, 0.717) is 6.42 Å². The van der Waals surface area contributed by atoms with E-state index >= 15 is 0 Å². The van der Waals surface area contributed by atoms with Crippen LogP contribution in [0.1, 0.15) is 5.56 Å². The summed E-state index contributed by atoms with van der Waals surface area (Å²) in [5.41, 5.74) is 6.78. The van der Waals surface area contributed by atoms with Gasteiger partial charge in [-0.25, -0.2) is 9.97 Å². The molecule has 0 aliphatic rings. The van der Waals surface area contributed by atoms with Crippen molar-refractivity contribution >= 4 is 34.8 Å². The normalized spacial score (nSPS) is 12.0. The molecule has 2 rings (SSSR count). The fourth-order valence-electron chi connectivity index (χ4n) is 1.64. The molecule has 0 spiro atoms. The molecule has 0 fully saturated rings. The molecule has 1 amide bonds. The van der Waals surface area contributed by atoms with Gasteiger partial charge in [0.25, 0.3) is 0 Å². The first-order valence-corrected chi connectivity index (χ1v) is 6.73. The van der Waals surface area contributed by atoms with Gasteiger partial charge < -0.3 is 16.2 Å². The van der Waals surface area contributed by atoms with Gasteiger partial charge in [-0.1, -0.05) is 35.3 Å². The van der Waals surface area contributed by atoms with Crippen molar-refractivity contribution in [2.45, 2.75) is 12.5 Å². The molecule has 0 aliphatic carbocycles. The number of aromatic hydroxyl groups is 1. The van der Waals surface area contributed by atoms with Crippen LogP contribution in [0.15, 0.2) is 30.6 Å². The SMILES string of the molecule is NC(Cc1ccc(O)cc1)C(=O)Nc1c(Cl)ncnc1Cl. The first kappa shape index (κ1) is 15.5. The number of hydrogen-bond acceptors (Lipinski definition) is 5. The van der Waals surface area contributed by atoms with Gasteiger partial charge in [-0.05, 0) is 24.1 Å². The standard InChI is InChI=1S/C13H12Cl2N4O2/c14-11-10(12(15)18-6-17-11)19-13(21)9(16)5-7-1-3-8(20)4-2-7/h1-4,6,9,20H,5,16H2,(H,19,21). The highest BCUT2D eigenvalue weighted by Gasteiger charge is 2.18. The molecule has 1 atom stereocenters. The molecular weight excluding hydrogens is 315 g/mol. The zero-order chi connectivity index (χ0) is 15.4. The quantitative estimate of drug-likeness (QED) is 0.746. The number of amides is 1. The molecule has 2 aromatic rings. The third kappa shape index (κ3) is 4.04.